The minimum atomic E-state index is -0.387. The molecule has 0 N–H and O–H groups in total. The summed E-state index contributed by atoms with van der Waals surface area (Å²) in [6.07, 6.45) is 1.61. The van der Waals surface area contributed by atoms with E-state index in [0.717, 1.165) is 37.2 Å². The highest BCUT2D eigenvalue weighted by Gasteiger charge is 2.30. The molecule has 1 fully saturated rings. The SMILES string of the molecule is COc1ccc(N(C(=O)c2ccccc2)C2CCN(Cc3ccc([N+](=O)[O-])cc3)CC2)cc1OC. The number of hydrogen-bond acceptors (Lipinski definition) is 6. The number of nitro benzene ring substituents is 1. The van der Waals surface area contributed by atoms with Crippen LogP contribution in [0.5, 0.6) is 11.5 Å². The number of carbonyl (C=O) groups is 1. The van der Waals surface area contributed by atoms with E-state index in [9.17, 15) is 14.9 Å². The van der Waals surface area contributed by atoms with Gasteiger partial charge in [-0.1, -0.05) is 30.3 Å². The molecule has 0 atom stereocenters. The maximum absolute atomic E-state index is 13.6. The summed E-state index contributed by atoms with van der Waals surface area (Å²) in [4.78, 5) is 28.3. The Morgan fingerprint density at radius 3 is 2.23 bits per heavy atom. The first-order chi connectivity index (χ1) is 17.0. The molecule has 1 aliphatic heterocycles. The number of likely N-dealkylation sites (tertiary alicyclic amines) is 1. The lowest BCUT2D eigenvalue weighted by atomic mass is 10.00. The molecule has 182 valence electrons. The third-order valence-electron chi connectivity index (χ3n) is 6.36. The molecule has 0 radical (unpaired) electrons. The molecule has 3 aromatic carbocycles. The number of anilines is 1. The second kappa shape index (κ2) is 11.0. The summed E-state index contributed by atoms with van der Waals surface area (Å²) in [7, 11) is 3.17. The van der Waals surface area contributed by atoms with Crippen molar-refractivity contribution < 1.29 is 19.2 Å². The molecule has 8 nitrogen and oxygen atoms in total. The molecule has 1 heterocycles. The van der Waals surface area contributed by atoms with Crippen LogP contribution in [0.4, 0.5) is 11.4 Å². The summed E-state index contributed by atoms with van der Waals surface area (Å²) in [5, 5.41) is 10.9. The van der Waals surface area contributed by atoms with E-state index in [0.29, 0.717) is 23.6 Å². The van der Waals surface area contributed by atoms with Crippen molar-refractivity contribution in [2.45, 2.75) is 25.4 Å². The first-order valence-corrected chi connectivity index (χ1v) is 11.6. The molecule has 4 rings (SSSR count). The number of amides is 1. The Morgan fingerprint density at radius 1 is 0.971 bits per heavy atom. The Labute approximate surface area is 204 Å². The van der Waals surface area contributed by atoms with Gasteiger partial charge in [-0.25, -0.2) is 0 Å². The van der Waals surface area contributed by atoms with Crippen LogP contribution in [0.25, 0.3) is 0 Å². The molecule has 8 heteroatoms. The van der Waals surface area contributed by atoms with E-state index in [4.69, 9.17) is 9.47 Å². The van der Waals surface area contributed by atoms with Gasteiger partial charge < -0.3 is 14.4 Å². The normalized spacial score (nSPS) is 14.3. The van der Waals surface area contributed by atoms with Crippen molar-refractivity contribution in [3.05, 3.63) is 94.0 Å². The maximum Gasteiger partial charge on any atom is 0.269 e. The molecule has 1 aliphatic rings. The van der Waals surface area contributed by atoms with Gasteiger partial charge in [0.05, 0.1) is 19.1 Å². The van der Waals surface area contributed by atoms with Crippen molar-refractivity contribution in [1.82, 2.24) is 4.90 Å². The average Bonchev–Trinajstić information content (AvgIpc) is 2.90. The number of methoxy groups -OCH3 is 2. The molecule has 1 saturated heterocycles. The lowest BCUT2D eigenvalue weighted by molar-refractivity contribution is -0.384. The number of benzene rings is 3. The first kappa shape index (κ1) is 24.2. The molecule has 0 aliphatic carbocycles. The van der Waals surface area contributed by atoms with Gasteiger partial charge in [0.1, 0.15) is 0 Å². The molecular formula is C27H29N3O5. The second-order valence-electron chi connectivity index (χ2n) is 8.51. The number of hydrogen-bond donors (Lipinski definition) is 0. The van der Waals surface area contributed by atoms with Crippen LogP contribution in [0, 0.1) is 10.1 Å². The highest BCUT2D eigenvalue weighted by atomic mass is 16.6. The van der Waals surface area contributed by atoms with Gasteiger partial charge in [0.25, 0.3) is 11.6 Å². The van der Waals surface area contributed by atoms with Crippen molar-refractivity contribution >= 4 is 17.3 Å². The predicted octanol–water partition coefficient (Wildman–Crippen LogP) is 4.92. The third-order valence-corrected chi connectivity index (χ3v) is 6.36. The zero-order valence-corrected chi connectivity index (χ0v) is 19.9. The standard InChI is InChI=1S/C27H29N3O5/c1-34-25-13-12-24(18-26(25)35-2)29(27(31)21-6-4-3-5-7-21)22-14-16-28(17-15-22)19-20-8-10-23(11-9-20)30(32)33/h3-13,18,22H,14-17,19H2,1-2H3. The quantitative estimate of drug-likeness (QED) is 0.339. The average molecular weight is 476 g/mol. The number of rotatable bonds is 8. The van der Waals surface area contributed by atoms with Crippen LogP contribution in [0.2, 0.25) is 0 Å². The molecule has 0 unspecified atom stereocenters. The van der Waals surface area contributed by atoms with Crippen LogP contribution >= 0.6 is 0 Å². The lowest BCUT2D eigenvalue weighted by Gasteiger charge is -2.39. The van der Waals surface area contributed by atoms with Gasteiger partial charge in [0.15, 0.2) is 11.5 Å². The van der Waals surface area contributed by atoms with Crippen LogP contribution in [0.3, 0.4) is 0 Å². The Hall–Kier alpha value is -3.91. The van der Waals surface area contributed by atoms with Crippen molar-refractivity contribution in [3.63, 3.8) is 0 Å². The van der Waals surface area contributed by atoms with Gasteiger partial charge >= 0.3 is 0 Å². The molecular weight excluding hydrogens is 446 g/mol. The highest BCUT2D eigenvalue weighted by Crippen LogP contribution is 2.34. The Morgan fingerprint density at radius 2 is 1.63 bits per heavy atom. The molecule has 3 aromatic rings. The van der Waals surface area contributed by atoms with E-state index in [1.54, 1.807) is 38.5 Å². The van der Waals surface area contributed by atoms with Gasteiger partial charge in [0, 0.05) is 55.1 Å². The third kappa shape index (κ3) is 5.60. The van der Waals surface area contributed by atoms with Crippen molar-refractivity contribution in [2.24, 2.45) is 0 Å². The van der Waals surface area contributed by atoms with Gasteiger partial charge in [0.2, 0.25) is 0 Å². The summed E-state index contributed by atoms with van der Waals surface area (Å²) in [6, 6.07) is 21.6. The number of nitrogens with zero attached hydrogens (tertiary/aromatic N) is 3. The van der Waals surface area contributed by atoms with Crippen LogP contribution in [-0.4, -0.2) is 49.1 Å². The van der Waals surface area contributed by atoms with Crippen molar-refractivity contribution in [2.75, 3.05) is 32.2 Å². The number of piperidine rings is 1. The molecule has 35 heavy (non-hydrogen) atoms. The van der Waals surface area contributed by atoms with E-state index in [1.165, 1.54) is 0 Å². The predicted molar refractivity (Wildman–Crippen MR) is 134 cm³/mol. The van der Waals surface area contributed by atoms with Crippen LogP contribution < -0.4 is 14.4 Å². The zero-order valence-electron chi connectivity index (χ0n) is 19.9. The van der Waals surface area contributed by atoms with E-state index >= 15 is 0 Å². The van der Waals surface area contributed by atoms with E-state index < -0.39 is 0 Å². The molecule has 0 aromatic heterocycles. The first-order valence-electron chi connectivity index (χ1n) is 11.6. The summed E-state index contributed by atoms with van der Waals surface area (Å²) >= 11 is 0. The number of carbonyl (C=O) groups excluding carboxylic acids is 1. The Balaban J connectivity index is 1.52. The minimum absolute atomic E-state index is 0.0221. The van der Waals surface area contributed by atoms with Gasteiger partial charge in [-0.3, -0.25) is 19.8 Å². The van der Waals surface area contributed by atoms with Gasteiger partial charge in [-0.05, 0) is 42.7 Å². The summed E-state index contributed by atoms with van der Waals surface area (Å²) in [6.45, 7) is 2.34. The van der Waals surface area contributed by atoms with E-state index in [-0.39, 0.29) is 22.6 Å². The fourth-order valence-electron chi connectivity index (χ4n) is 4.51. The topological polar surface area (TPSA) is 85.2 Å². The molecule has 1 amide bonds. The maximum atomic E-state index is 13.6. The molecule has 0 bridgehead atoms. The zero-order chi connectivity index (χ0) is 24.8. The number of nitro groups is 1. The number of non-ortho nitro benzene ring substituents is 1. The molecule has 0 saturated carbocycles. The number of ether oxygens (including phenoxy) is 2. The fourth-order valence-corrected chi connectivity index (χ4v) is 4.51. The summed E-state index contributed by atoms with van der Waals surface area (Å²) < 4.78 is 10.9. The fraction of sp³-hybridized carbons (Fsp3) is 0.296. The largest absolute Gasteiger partial charge is 0.493 e. The highest BCUT2D eigenvalue weighted by molar-refractivity contribution is 6.06. The van der Waals surface area contributed by atoms with Gasteiger partial charge in [-0.2, -0.15) is 0 Å². The lowest BCUT2D eigenvalue weighted by Crippen LogP contribution is -2.47. The van der Waals surface area contributed by atoms with Crippen molar-refractivity contribution in [1.29, 1.82) is 0 Å². The van der Waals surface area contributed by atoms with Crippen LogP contribution in [0.1, 0.15) is 28.8 Å². The van der Waals surface area contributed by atoms with E-state index in [2.05, 4.69) is 4.90 Å². The van der Waals surface area contributed by atoms with Crippen LogP contribution in [0.15, 0.2) is 72.8 Å². The monoisotopic (exact) mass is 475 g/mol. The van der Waals surface area contributed by atoms with Crippen LogP contribution in [-0.2, 0) is 6.54 Å². The van der Waals surface area contributed by atoms with Crippen molar-refractivity contribution in [3.8, 4) is 11.5 Å². The summed E-state index contributed by atoms with van der Waals surface area (Å²) in [5.41, 5.74) is 2.53. The second-order valence-corrected chi connectivity index (χ2v) is 8.51. The Bertz CT molecular complexity index is 1160. The summed E-state index contributed by atoms with van der Waals surface area (Å²) in [5.74, 6) is 1.14. The Kier molecular flexibility index (Phi) is 7.62. The minimum Gasteiger partial charge on any atom is -0.493 e. The molecule has 0 spiro atoms. The van der Waals surface area contributed by atoms with E-state index in [1.807, 2.05) is 53.4 Å². The smallest absolute Gasteiger partial charge is 0.269 e. The van der Waals surface area contributed by atoms with Gasteiger partial charge in [-0.15, -0.1) is 0 Å².